The van der Waals surface area contributed by atoms with Crippen molar-refractivity contribution >= 4 is 11.6 Å². The van der Waals surface area contributed by atoms with Crippen molar-refractivity contribution in [3.63, 3.8) is 0 Å². The van der Waals surface area contributed by atoms with Crippen molar-refractivity contribution in [1.29, 1.82) is 0 Å². The van der Waals surface area contributed by atoms with Crippen LogP contribution in [0, 0.1) is 13.8 Å². The molecule has 2 aromatic carbocycles. The van der Waals surface area contributed by atoms with E-state index >= 15 is 0 Å². The Morgan fingerprint density at radius 2 is 1.74 bits per heavy atom. The topological polar surface area (TPSA) is 44.8 Å². The molecule has 0 radical (unpaired) electrons. The summed E-state index contributed by atoms with van der Waals surface area (Å²) >= 11 is 0. The average Bonchev–Trinajstić information content (AvgIpc) is 2.69. The van der Waals surface area contributed by atoms with Crippen LogP contribution in [0.4, 0.5) is 5.69 Å². The summed E-state index contributed by atoms with van der Waals surface area (Å²) in [5.74, 6) is 0.890. The van der Waals surface area contributed by atoms with E-state index in [4.69, 9.17) is 4.74 Å². The lowest BCUT2D eigenvalue weighted by molar-refractivity contribution is -0.122. The normalized spacial score (nSPS) is 14.8. The monoisotopic (exact) mass is 367 g/mol. The number of carbonyl (C=O) groups excluding carboxylic acids is 1. The Morgan fingerprint density at radius 3 is 2.48 bits per heavy atom. The lowest BCUT2D eigenvalue weighted by Crippen LogP contribution is -2.50. The first-order valence-corrected chi connectivity index (χ1v) is 9.61. The van der Waals surface area contributed by atoms with E-state index in [0.29, 0.717) is 19.7 Å². The second kappa shape index (κ2) is 9.42. The fourth-order valence-corrected chi connectivity index (χ4v) is 3.36. The molecular formula is C22H29N3O2. The summed E-state index contributed by atoms with van der Waals surface area (Å²) in [7, 11) is 0. The molecule has 1 N–H and O–H groups in total. The van der Waals surface area contributed by atoms with Crippen LogP contribution in [-0.2, 0) is 4.79 Å². The van der Waals surface area contributed by atoms with E-state index in [1.54, 1.807) is 0 Å². The van der Waals surface area contributed by atoms with Gasteiger partial charge >= 0.3 is 0 Å². The molecule has 5 heteroatoms. The molecule has 2 aromatic rings. The number of hydrogen-bond donors (Lipinski definition) is 1. The SMILES string of the molecule is Cc1cccc(N2CCN(CC(=O)NCCOc3ccccc3)CC2)c1C. The molecule has 144 valence electrons. The van der Waals surface area contributed by atoms with Gasteiger partial charge in [-0.3, -0.25) is 9.69 Å². The number of ether oxygens (including phenoxy) is 1. The van der Waals surface area contributed by atoms with Gasteiger partial charge in [-0.15, -0.1) is 0 Å². The minimum atomic E-state index is 0.0619. The first-order chi connectivity index (χ1) is 13.1. The van der Waals surface area contributed by atoms with E-state index in [9.17, 15) is 4.79 Å². The van der Waals surface area contributed by atoms with Crippen LogP contribution in [0.25, 0.3) is 0 Å². The summed E-state index contributed by atoms with van der Waals surface area (Å²) < 4.78 is 5.60. The summed E-state index contributed by atoms with van der Waals surface area (Å²) in [5, 5.41) is 2.94. The van der Waals surface area contributed by atoms with Crippen molar-refractivity contribution < 1.29 is 9.53 Å². The Hall–Kier alpha value is -2.53. The maximum Gasteiger partial charge on any atom is 0.234 e. The number of para-hydroxylation sites is 1. The van der Waals surface area contributed by atoms with Gasteiger partial charge in [0, 0.05) is 31.9 Å². The number of carbonyl (C=O) groups is 1. The molecule has 0 aromatic heterocycles. The smallest absolute Gasteiger partial charge is 0.234 e. The van der Waals surface area contributed by atoms with Crippen LogP contribution < -0.4 is 15.0 Å². The van der Waals surface area contributed by atoms with E-state index in [1.165, 1.54) is 16.8 Å². The predicted molar refractivity (Wildman–Crippen MR) is 110 cm³/mol. The van der Waals surface area contributed by atoms with Gasteiger partial charge < -0.3 is 15.0 Å². The molecule has 3 rings (SSSR count). The Labute approximate surface area is 161 Å². The second-order valence-corrected chi connectivity index (χ2v) is 6.99. The van der Waals surface area contributed by atoms with Crippen molar-refractivity contribution in [2.24, 2.45) is 0 Å². The van der Waals surface area contributed by atoms with Crippen LogP contribution in [0.5, 0.6) is 5.75 Å². The molecule has 0 spiro atoms. The number of benzene rings is 2. The number of piperazine rings is 1. The Bertz CT molecular complexity index is 740. The molecule has 0 atom stereocenters. The highest BCUT2D eigenvalue weighted by Crippen LogP contribution is 2.23. The number of nitrogens with zero attached hydrogens (tertiary/aromatic N) is 2. The van der Waals surface area contributed by atoms with Gasteiger partial charge in [0.2, 0.25) is 5.91 Å². The van der Waals surface area contributed by atoms with Gasteiger partial charge in [-0.2, -0.15) is 0 Å². The highest BCUT2D eigenvalue weighted by molar-refractivity contribution is 5.78. The Balaban J connectivity index is 1.36. The Morgan fingerprint density at radius 1 is 1.00 bits per heavy atom. The maximum absolute atomic E-state index is 12.2. The van der Waals surface area contributed by atoms with Gasteiger partial charge in [0.25, 0.3) is 0 Å². The zero-order valence-corrected chi connectivity index (χ0v) is 16.3. The summed E-state index contributed by atoms with van der Waals surface area (Å²) in [6, 6.07) is 16.1. The van der Waals surface area contributed by atoms with Crippen LogP contribution in [0.3, 0.4) is 0 Å². The zero-order chi connectivity index (χ0) is 19.1. The van der Waals surface area contributed by atoms with Crippen molar-refractivity contribution in [2.45, 2.75) is 13.8 Å². The van der Waals surface area contributed by atoms with E-state index in [2.05, 4.69) is 47.2 Å². The van der Waals surface area contributed by atoms with E-state index in [-0.39, 0.29) is 5.91 Å². The molecule has 5 nitrogen and oxygen atoms in total. The minimum absolute atomic E-state index is 0.0619. The van der Waals surface area contributed by atoms with Crippen LogP contribution in [0.2, 0.25) is 0 Å². The van der Waals surface area contributed by atoms with E-state index in [0.717, 1.165) is 31.9 Å². The molecule has 0 aliphatic carbocycles. The van der Waals surface area contributed by atoms with Crippen molar-refractivity contribution in [3.8, 4) is 5.75 Å². The standard InChI is InChI=1S/C22H29N3O2/c1-18-7-6-10-21(19(18)2)25-14-12-24(13-15-25)17-22(26)23-11-16-27-20-8-4-3-5-9-20/h3-10H,11-17H2,1-2H3,(H,23,26). The summed E-state index contributed by atoms with van der Waals surface area (Å²) in [6.45, 7) is 9.51. The molecule has 0 bridgehead atoms. The van der Waals surface area contributed by atoms with Crippen LogP contribution in [-0.4, -0.2) is 56.7 Å². The number of hydrogen-bond acceptors (Lipinski definition) is 4. The highest BCUT2D eigenvalue weighted by atomic mass is 16.5. The van der Waals surface area contributed by atoms with Gasteiger partial charge in [-0.05, 0) is 43.2 Å². The van der Waals surface area contributed by atoms with Gasteiger partial charge in [0.15, 0.2) is 0 Å². The third-order valence-corrected chi connectivity index (χ3v) is 5.09. The second-order valence-electron chi connectivity index (χ2n) is 6.99. The number of anilines is 1. The number of amides is 1. The van der Waals surface area contributed by atoms with Crippen LogP contribution in [0.1, 0.15) is 11.1 Å². The van der Waals surface area contributed by atoms with Gasteiger partial charge in [-0.25, -0.2) is 0 Å². The van der Waals surface area contributed by atoms with Gasteiger partial charge in [0.05, 0.1) is 13.1 Å². The summed E-state index contributed by atoms with van der Waals surface area (Å²) in [6.07, 6.45) is 0. The quantitative estimate of drug-likeness (QED) is 0.764. The van der Waals surface area contributed by atoms with Crippen molar-refractivity contribution in [2.75, 3.05) is 50.8 Å². The van der Waals surface area contributed by atoms with E-state index < -0.39 is 0 Å². The molecule has 1 aliphatic rings. The molecule has 1 saturated heterocycles. The molecule has 1 fully saturated rings. The third kappa shape index (κ3) is 5.47. The van der Waals surface area contributed by atoms with Gasteiger partial charge in [-0.1, -0.05) is 30.3 Å². The van der Waals surface area contributed by atoms with Crippen molar-refractivity contribution in [3.05, 3.63) is 59.7 Å². The Kier molecular flexibility index (Phi) is 6.71. The molecule has 1 aliphatic heterocycles. The van der Waals surface area contributed by atoms with Crippen LogP contribution >= 0.6 is 0 Å². The van der Waals surface area contributed by atoms with E-state index in [1.807, 2.05) is 30.3 Å². The largest absolute Gasteiger partial charge is 0.492 e. The molecular weight excluding hydrogens is 338 g/mol. The molecule has 1 amide bonds. The lowest BCUT2D eigenvalue weighted by Gasteiger charge is -2.36. The number of rotatable bonds is 7. The molecule has 1 heterocycles. The fourth-order valence-electron chi connectivity index (χ4n) is 3.36. The number of aryl methyl sites for hydroxylation is 1. The lowest BCUT2D eigenvalue weighted by atomic mass is 10.1. The molecule has 27 heavy (non-hydrogen) atoms. The summed E-state index contributed by atoms with van der Waals surface area (Å²) in [5.41, 5.74) is 3.99. The highest BCUT2D eigenvalue weighted by Gasteiger charge is 2.20. The fraction of sp³-hybridized carbons (Fsp3) is 0.409. The molecule has 0 unspecified atom stereocenters. The minimum Gasteiger partial charge on any atom is -0.492 e. The van der Waals surface area contributed by atoms with Crippen LogP contribution in [0.15, 0.2) is 48.5 Å². The maximum atomic E-state index is 12.2. The molecule has 0 saturated carbocycles. The van der Waals surface area contributed by atoms with Crippen molar-refractivity contribution in [1.82, 2.24) is 10.2 Å². The van der Waals surface area contributed by atoms with Gasteiger partial charge in [0.1, 0.15) is 12.4 Å². The predicted octanol–water partition coefficient (Wildman–Crippen LogP) is 2.62. The first kappa shape index (κ1) is 19.2. The number of nitrogens with one attached hydrogen (secondary N) is 1. The first-order valence-electron chi connectivity index (χ1n) is 9.61. The third-order valence-electron chi connectivity index (χ3n) is 5.09. The zero-order valence-electron chi connectivity index (χ0n) is 16.3. The average molecular weight is 367 g/mol. The summed E-state index contributed by atoms with van der Waals surface area (Å²) in [4.78, 5) is 16.8.